The molecular formula is C18H24. The van der Waals surface area contributed by atoms with E-state index in [2.05, 4.69) is 81.4 Å². The summed E-state index contributed by atoms with van der Waals surface area (Å²) in [7, 11) is 0. The van der Waals surface area contributed by atoms with Crippen LogP contribution in [-0.4, -0.2) is 0 Å². The van der Waals surface area contributed by atoms with Gasteiger partial charge in [0, 0.05) is 5.92 Å². The number of benzene rings is 2. The van der Waals surface area contributed by atoms with Crippen molar-refractivity contribution in [2.75, 3.05) is 0 Å². The van der Waals surface area contributed by atoms with Crippen LogP contribution < -0.4 is 0 Å². The van der Waals surface area contributed by atoms with Gasteiger partial charge in [-0.05, 0) is 11.1 Å². The minimum Gasteiger partial charge on any atom is -0.0654 e. The molecule has 0 radical (unpaired) electrons. The lowest BCUT2D eigenvalue weighted by Gasteiger charge is -2.11. The Hall–Kier alpha value is -1.56. The molecule has 0 saturated carbocycles. The molecule has 0 N–H and O–H groups in total. The smallest absolute Gasteiger partial charge is 0.00610 e. The van der Waals surface area contributed by atoms with E-state index in [1.807, 2.05) is 0 Å². The molecule has 0 aromatic heterocycles. The second-order valence-corrected chi connectivity index (χ2v) is 4.54. The molecule has 2 aromatic rings. The van der Waals surface area contributed by atoms with E-state index in [4.69, 9.17) is 0 Å². The van der Waals surface area contributed by atoms with E-state index in [0.29, 0.717) is 5.92 Å². The Labute approximate surface area is 112 Å². The molecule has 0 nitrogen and oxygen atoms in total. The van der Waals surface area contributed by atoms with E-state index in [9.17, 15) is 0 Å². The van der Waals surface area contributed by atoms with Crippen molar-refractivity contribution in [2.45, 2.75) is 39.5 Å². The molecule has 0 spiro atoms. The van der Waals surface area contributed by atoms with Crippen molar-refractivity contribution < 1.29 is 0 Å². The van der Waals surface area contributed by atoms with Crippen LogP contribution in [0.2, 0.25) is 0 Å². The zero-order valence-corrected chi connectivity index (χ0v) is 11.8. The van der Waals surface area contributed by atoms with Crippen molar-refractivity contribution in [3.8, 4) is 0 Å². The van der Waals surface area contributed by atoms with Gasteiger partial charge in [0.15, 0.2) is 0 Å². The zero-order valence-electron chi connectivity index (χ0n) is 11.8. The van der Waals surface area contributed by atoms with Gasteiger partial charge in [-0.2, -0.15) is 0 Å². The molecule has 0 bridgehead atoms. The molecule has 2 rings (SSSR count). The van der Waals surface area contributed by atoms with Crippen molar-refractivity contribution in [3.05, 3.63) is 71.8 Å². The maximum absolute atomic E-state index is 2.24. The molecule has 0 fully saturated rings. The van der Waals surface area contributed by atoms with Crippen LogP contribution in [0.1, 0.15) is 50.7 Å². The predicted molar refractivity (Wildman–Crippen MR) is 81.0 cm³/mol. The maximum atomic E-state index is 2.24. The predicted octanol–water partition coefficient (Wildman–Crippen LogP) is 5.64. The molecule has 0 aliphatic heterocycles. The van der Waals surface area contributed by atoms with Crippen molar-refractivity contribution in [2.24, 2.45) is 0 Å². The quantitative estimate of drug-likeness (QED) is 0.650. The van der Waals surface area contributed by atoms with Gasteiger partial charge in [0.25, 0.3) is 0 Å². The molecule has 0 aliphatic rings. The summed E-state index contributed by atoms with van der Waals surface area (Å²) in [6.07, 6.45) is 2.64. The van der Waals surface area contributed by atoms with Crippen molar-refractivity contribution >= 4 is 0 Å². The van der Waals surface area contributed by atoms with E-state index in [-0.39, 0.29) is 0 Å². The summed E-state index contributed by atoms with van der Waals surface area (Å²) in [5.74, 6) is 0.484. The fraction of sp³-hybridized carbons (Fsp3) is 0.333. The lowest BCUT2D eigenvalue weighted by Crippen LogP contribution is -1.94. The van der Waals surface area contributed by atoms with Gasteiger partial charge in [-0.15, -0.1) is 0 Å². The molecule has 0 atom stereocenters. The van der Waals surface area contributed by atoms with E-state index in [1.54, 1.807) is 0 Å². The second-order valence-electron chi connectivity index (χ2n) is 4.54. The molecule has 0 unspecified atom stereocenters. The summed E-state index contributed by atoms with van der Waals surface area (Å²) in [6.45, 7) is 6.60. The van der Waals surface area contributed by atoms with Gasteiger partial charge < -0.3 is 0 Å². The van der Waals surface area contributed by atoms with Crippen LogP contribution in [0.4, 0.5) is 0 Å². The molecule has 2 aromatic carbocycles. The fourth-order valence-electron chi connectivity index (χ4n) is 1.68. The molecular weight excluding hydrogens is 216 g/mol. The average Bonchev–Trinajstić information content (AvgIpc) is 2.48. The first-order valence-corrected chi connectivity index (χ1v) is 6.89. The van der Waals surface area contributed by atoms with Gasteiger partial charge in [-0.1, -0.05) is 94.3 Å². The highest BCUT2D eigenvalue weighted by atomic mass is 14.1. The SMILES string of the molecule is CC(c1ccccc1)c1ccccc1.CCCC. The molecule has 96 valence electrons. The van der Waals surface area contributed by atoms with Gasteiger partial charge in [-0.25, -0.2) is 0 Å². The number of hydrogen-bond donors (Lipinski definition) is 0. The molecule has 0 heteroatoms. The monoisotopic (exact) mass is 240 g/mol. The minimum atomic E-state index is 0.484. The Kier molecular flexibility index (Phi) is 6.86. The molecule has 0 aliphatic carbocycles. The Morgan fingerprint density at radius 3 is 1.28 bits per heavy atom. The van der Waals surface area contributed by atoms with Crippen LogP contribution in [0, 0.1) is 0 Å². The van der Waals surface area contributed by atoms with Crippen molar-refractivity contribution in [1.82, 2.24) is 0 Å². The Morgan fingerprint density at radius 2 is 1.00 bits per heavy atom. The van der Waals surface area contributed by atoms with Crippen LogP contribution >= 0.6 is 0 Å². The van der Waals surface area contributed by atoms with Gasteiger partial charge in [0.05, 0.1) is 0 Å². The second kappa shape index (κ2) is 8.52. The minimum absolute atomic E-state index is 0.484. The first-order valence-electron chi connectivity index (χ1n) is 6.89. The number of hydrogen-bond acceptors (Lipinski definition) is 0. The Morgan fingerprint density at radius 1 is 0.667 bits per heavy atom. The number of rotatable bonds is 3. The maximum Gasteiger partial charge on any atom is 0.00610 e. The van der Waals surface area contributed by atoms with E-state index < -0.39 is 0 Å². The van der Waals surface area contributed by atoms with Crippen LogP contribution in [-0.2, 0) is 0 Å². The Balaban J connectivity index is 0.000000357. The summed E-state index contributed by atoms with van der Waals surface area (Å²) in [5.41, 5.74) is 2.75. The van der Waals surface area contributed by atoms with Crippen LogP contribution in [0.25, 0.3) is 0 Å². The van der Waals surface area contributed by atoms with E-state index >= 15 is 0 Å². The zero-order chi connectivity index (χ0) is 13.2. The van der Waals surface area contributed by atoms with Crippen molar-refractivity contribution in [1.29, 1.82) is 0 Å². The average molecular weight is 240 g/mol. The lowest BCUT2D eigenvalue weighted by atomic mass is 9.93. The Bertz CT molecular complexity index is 361. The van der Waals surface area contributed by atoms with E-state index in [1.165, 1.54) is 24.0 Å². The van der Waals surface area contributed by atoms with Gasteiger partial charge >= 0.3 is 0 Å². The highest BCUT2D eigenvalue weighted by Crippen LogP contribution is 2.22. The largest absolute Gasteiger partial charge is 0.0654 e. The highest BCUT2D eigenvalue weighted by molar-refractivity contribution is 5.31. The fourth-order valence-corrected chi connectivity index (χ4v) is 1.68. The summed E-state index contributed by atoms with van der Waals surface area (Å²) in [6, 6.07) is 21.2. The molecule has 0 saturated heterocycles. The first kappa shape index (κ1) is 14.5. The number of unbranched alkanes of at least 4 members (excludes halogenated alkanes) is 1. The van der Waals surface area contributed by atoms with Gasteiger partial charge in [-0.3, -0.25) is 0 Å². The van der Waals surface area contributed by atoms with Gasteiger partial charge in [0.1, 0.15) is 0 Å². The van der Waals surface area contributed by atoms with Gasteiger partial charge in [0.2, 0.25) is 0 Å². The van der Waals surface area contributed by atoms with Crippen LogP contribution in [0.3, 0.4) is 0 Å². The summed E-state index contributed by atoms with van der Waals surface area (Å²) < 4.78 is 0. The highest BCUT2D eigenvalue weighted by Gasteiger charge is 2.05. The topological polar surface area (TPSA) is 0 Å². The van der Waals surface area contributed by atoms with Crippen LogP contribution in [0.15, 0.2) is 60.7 Å². The summed E-state index contributed by atoms with van der Waals surface area (Å²) in [5, 5.41) is 0. The lowest BCUT2D eigenvalue weighted by molar-refractivity contribution is 0.886. The van der Waals surface area contributed by atoms with Crippen LogP contribution in [0.5, 0.6) is 0 Å². The third-order valence-electron chi connectivity index (χ3n) is 3.10. The third kappa shape index (κ3) is 4.75. The molecule has 18 heavy (non-hydrogen) atoms. The van der Waals surface area contributed by atoms with E-state index in [0.717, 1.165) is 0 Å². The summed E-state index contributed by atoms with van der Waals surface area (Å²) >= 11 is 0. The summed E-state index contributed by atoms with van der Waals surface area (Å²) in [4.78, 5) is 0. The molecule has 0 amide bonds. The van der Waals surface area contributed by atoms with Crippen molar-refractivity contribution in [3.63, 3.8) is 0 Å². The standard InChI is InChI=1S/C14H14.C4H10/c1-12(13-8-4-2-5-9-13)14-10-6-3-7-11-14;1-3-4-2/h2-12H,1H3;3-4H2,1-2H3. The normalized spacial score (nSPS) is 9.78. The third-order valence-corrected chi connectivity index (χ3v) is 3.10. The first-order chi connectivity index (χ1) is 8.79. The molecule has 0 heterocycles.